The fourth-order valence-corrected chi connectivity index (χ4v) is 2.01. The van der Waals surface area contributed by atoms with Crippen molar-refractivity contribution in [1.29, 1.82) is 10.5 Å². The van der Waals surface area contributed by atoms with Gasteiger partial charge in [0, 0.05) is 25.3 Å². The van der Waals surface area contributed by atoms with Crippen molar-refractivity contribution in [2.45, 2.75) is 18.9 Å². The van der Waals surface area contributed by atoms with Crippen molar-refractivity contribution in [2.75, 3.05) is 25.0 Å². The minimum absolute atomic E-state index is 0.314. The van der Waals surface area contributed by atoms with E-state index < -0.39 is 0 Å². The molecule has 2 heterocycles. The van der Waals surface area contributed by atoms with Crippen molar-refractivity contribution >= 4 is 5.95 Å². The molecule has 1 aliphatic heterocycles. The predicted molar refractivity (Wildman–Crippen MR) is 65.4 cm³/mol. The van der Waals surface area contributed by atoms with E-state index in [0.29, 0.717) is 24.2 Å². The van der Waals surface area contributed by atoms with Gasteiger partial charge in [-0.3, -0.25) is 4.90 Å². The maximum absolute atomic E-state index is 8.76. The first-order valence-electron chi connectivity index (χ1n) is 5.91. The van der Waals surface area contributed by atoms with Gasteiger partial charge in [-0.1, -0.05) is 0 Å². The quantitative estimate of drug-likeness (QED) is 0.787. The lowest BCUT2D eigenvalue weighted by Crippen LogP contribution is -2.39. The highest BCUT2D eigenvalue weighted by atomic mass is 15.2. The van der Waals surface area contributed by atoms with Crippen molar-refractivity contribution < 1.29 is 0 Å². The average molecular weight is 242 g/mol. The fourth-order valence-electron chi connectivity index (χ4n) is 2.01. The third kappa shape index (κ3) is 3.16. The molecule has 1 fully saturated rings. The Morgan fingerprint density at radius 3 is 2.83 bits per heavy atom. The molecule has 0 amide bonds. The molecule has 0 atom stereocenters. The predicted octanol–water partition coefficient (Wildman–Crippen LogP) is 0.748. The Labute approximate surface area is 106 Å². The number of rotatable bonds is 3. The maximum atomic E-state index is 8.76. The van der Waals surface area contributed by atoms with Crippen molar-refractivity contribution in [2.24, 2.45) is 0 Å². The average Bonchev–Trinajstić information content (AvgIpc) is 2.42. The van der Waals surface area contributed by atoms with Gasteiger partial charge in [0.2, 0.25) is 5.95 Å². The van der Waals surface area contributed by atoms with Gasteiger partial charge in [0.05, 0.1) is 12.6 Å². The van der Waals surface area contributed by atoms with Gasteiger partial charge >= 0.3 is 0 Å². The lowest BCUT2D eigenvalue weighted by molar-refractivity contribution is 0.242. The van der Waals surface area contributed by atoms with Gasteiger partial charge in [-0.15, -0.1) is 0 Å². The molecule has 0 aromatic carbocycles. The number of hydrogen-bond acceptors (Lipinski definition) is 6. The molecule has 0 radical (unpaired) electrons. The largest absolute Gasteiger partial charge is 0.351 e. The van der Waals surface area contributed by atoms with Crippen LogP contribution >= 0.6 is 0 Å². The number of nitrogens with zero attached hydrogens (tertiary/aromatic N) is 5. The Morgan fingerprint density at radius 1 is 1.39 bits per heavy atom. The highest BCUT2D eigenvalue weighted by Crippen LogP contribution is 2.13. The zero-order chi connectivity index (χ0) is 12.8. The first-order valence-corrected chi connectivity index (χ1v) is 5.91. The van der Waals surface area contributed by atoms with Gasteiger partial charge in [-0.2, -0.15) is 10.5 Å². The number of nitrogens with one attached hydrogen (secondary N) is 1. The minimum atomic E-state index is 0.314. The van der Waals surface area contributed by atoms with Crippen LogP contribution in [0.1, 0.15) is 18.5 Å². The summed E-state index contributed by atoms with van der Waals surface area (Å²) in [6, 6.07) is 6.05. The lowest BCUT2D eigenvalue weighted by Gasteiger charge is -2.30. The number of piperidine rings is 1. The second kappa shape index (κ2) is 5.95. The highest BCUT2D eigenvalue weighted by molar-refractivity contribution is 5.31. The Kier molecular flexibility index (Phi) is 4.06. The van der Waals surface area contributed by atoms with Crippen LogP contribution in [0, 0.1) is 22.7 Å². The third-order valence-corrected chi connectivity index (χ3v) is 2.99. The summed E-state index contributed by atoms with van der Waals surface area (Å²) in [5, 5.41) is 20.6. The lowest BCUT2D eigenvalue weighted by atomic mass is 10.1. The molecule has 0 saturated carbocycles. The maximum Gasteiger partial charge on any atom is 0.224 e. The number of aromatic nitrogens is 2. The molecule has 1 aromatic rings. The van der Waals surface area contributed by atoms with Crippen LogP contribution in [0.2, 0.25) is 0 Å². The first kappa shape index (κ1) is 12.3. The topological polar surface area (TPSA) is 88.6 Å². The molecule has 0 unspecified atom stereocenters. The van der Waals surface area contributed by atoms with E-state index in [9.17, 15) is 0 Å². The van der Waals surface area contributed by atoms with E-state index in [4.69, 9.17) is 10.5 Å². The molecule has 1 N–H and O–H groups in total. The van der Waals surface area contributed by atoms with E-state index in [-0.39, 0.29) is 0 Å². The SMILES string of the molecule is N#CCN1CCC(Nc2nccc(C#N)n2)CC1. The van der Waals surface area contributed by atoms with E-state index in [0.717, 1.165) is 25.9 Å². The van der Waals surface area contributed by atoms with Crippen LogP contribution in [0.3, 0.4) is 0 Å². The van der Waals surface area contributed by atoms with E-state index in [1.165, 1.54) is 0 Å². The fraction of sp³-hybridized carbons (Fsp3) is 0.500. The number of hydrogen-bond donors (Lipinski definition) is 1. The van der Waals surface area contributed by atoms with Crippen LogP contribution < -0.4 is 5.32 Å². The summed E-state index contributed by atoms with van der Waals surface area (Å²) in [5.74, 6) is 0.507. The zero-order valence-corrected chi connectivity index (χ0v) is 10.0. The summed E-state index contributed by atoms with van der Waals surface area (Å²) < 4.78 is 0. The van der Waals surface area contributed by atoms with Gasteiger partial charge < -0.3 is 5.32 Å². The molecule has 6 heteroatoms. The smallest absolute Gasteiger partial charge is 0.224 e. The molecule has 0 spiro atoms. The summed E-state index contributed by atoms with van der Waals surface area (Å²) in [7, 11) is 0. The van der Waals surface area contributed by atoms with Gasteiger partial charge in [0.25, 0.3) is 0 Å². The first-order chi connectivity index (χ1) is 8.81. The van der Waals surface area contributed by atoms with Gasteiger partial charge in [0.1, 0.15) is 11.8 Å². The molecule has 92 valence electrons. The summed E-state index contributed by atoms with van der Waals surface area (Å²) in [5.41, 5.74) is 0.370. The molecule has 18 heavy (non-hydrogen) atoms. The van der Waals surface area contributed by atoms with Crippen LogP contribution in [0.4, 0.5) is 5.95 Å². The molecule has 1 aliphatic rings. The van der Waals surface area contributed by atoms with Gasteiger partial charge in [-0.25, -0.2) is 9.97 Å². The third-order valence-electron chi connectivity index (χ3n) is 2.99. The Balaban J connectivity index is 1.88. The zero-order valence-electron chi connectivity index (χ0n) is 10.0. The minimum Gasteiger partial charge on any atom is -0.351 e. The Bertz CT molecular complexity index is 478. The summed E-state index contributed by atoms with van der Waals surface area (Å²) in [4.78, 5) is 10.3. The van der Waals surface area contributed by atoms with E-state index >= 15 is 0 Å². The summed E-state index contributed by atoms with van der Waals surface area (Å²) in [6.45, 7) is 2.31. The van der Waals surface area contributed by atoms with Crippen molar-refractivity contribution in [3.8, 4) is 12.1 Å². The van der Waals surface area contributed by atoms with Crippen molar-refractivity contribution in [3.05, 3.63) is 18.0 Å². The number of nitriles is 2. The second-order valence-electron chi connectivity index (χ2n) is 4.23. The van der Waals surface area contributed by atoms with Crippen molar-refractivity contribution in [1.82, 2.24) is 14.9 Å². The monoisotopic (exact) mass is 242 g/mol. The molecule has 1 aromatic heterocycles. The molecular formula is C12H14N6. The summed E-state index contributed by atoms with van der Waals surface area (Å²) >= 11 is 0. The second-order valence-corrected chi connectivity index (χ2v) is 4.23. The van der Waals surface area contributed by atoms with Gasteiger partial charge in [-0.05, 0) is 18.9 Å². The van der Waals surface area contributed by atoms with Crippen LogP contribution in [0.15, 0.2) is 12.3 Å². The van der Waals surface area contributed by atoms with Crippen molar-refractivity contribution in [3.63, 3.8) is 0 Å². The number of likely N-dealkylation sites (tertiary alicyclic amines) is 1. The molecule has 0 aliphatic carbocycles. The van der Waals surface area contributed by atoms with Crippen LogP contribution in [0.25, 0.3) is 0 Å². The van der Waals surface area contributed by atoms with E-state index in [1.54, 1.807) is 12.3 Å². The standard InChI is InChI=1S/C12H14N6/c13-4-8-18-6-2-10(3-7-18)16-12-15-5-1-11(9-14)17-12/h1,5,10H,2-3,6-8H2,(H,15,16,17). The molecule has 6 nitrogen and oxygen atoms in total. The van der Waals surface area contributed by atoms with E-state index in [2.05, 4.69) is 26.3 Å². The van der Waals surface area contributed by atoms with Crippen LogP contribution in [-0.4, -0.2) is 40.5 Å². The normalized spacial score (nSPS) is 16.8. The summed E-state index contributed by atoms with van der Waals surface area (Å²) in [6.07, 6.45) is 3.50. The van der Waals surface area contributed by atoms with Crippen LogP contribution in [0.5, 0.6) is 0 Å². The Morgan fingerprint density at radius 2 is 2.17 bits per heavy atom. The van der Waals surface area contributed by atoms with Crippen LogP contribution in [-0.2, 0) is 0 Å². The Hall–Kier alpha value is -2.18. The van der Waals surface area contributed by atoms with E-state index in [1.807, 2.05) is 6.07 Å². The highest BCUT2D eigenvalue weighted by Gasteiger charge is 2.19. The molecule has 2 rings (SSSR count). The molecule has 1 saturated heterocycles. The molecular weight excluding hydrogens is 228 g/mol. The molecule has 0 bridgehead atoms. The van der Waals surface area contributed by atoms with Gasteiger partial charge in [0.15, 0.2) is 0 Å². The number of anilines is 1.